The highest BCUT2D eigenvalue weighted by atomic mass is 19.1. The van der Waals surface area contributed by atoms with E-state index in [0.717, 1.165) is 0 Å². The van der Waals surface area contributed by atoms with Crippen molar-refractivity contribution < 1.29 is 13.9 Å². The van der Waals surface area contributed by atoms with Crippen LogP contribution in [0.15, 0.2) is 24.4 Å². The van der Waals surface area contributed by atoms with Gasteiger partial charge in [0.15, 0.2) is 5.78 Å². The van der Waals surface area contributed by atoms with E-state index in [9.17, 15) is 9.18 Å². The number of halogens is 1. The number of nitrogens with zero attached hydrogens (tertiary/aromatic N) is 2. The minimum atomic E-state index is -0.588. The summed E-state index contributed by atoms with van der Waals surface area (Å²) in [6, 6.07) is 4.20. The number of hydrogen-bond donors (Lipinski definition) is 0. The van der Waals surface area contributed by atoms with Gasteiger partial charge < -0.3 is 4.74 Å². The molecule has 4 nitrogen and oxygen atoms in total. The number of carbonyl (C=O) groups is 1. The lowest BCUT2D eigenvalue weighted by Gasteiger charge is -2.04. The summed E-state index contributed by atoms with van der Waals surface area (Å²) in [6.07, 6.45) is 2.24. The molecule has 1 heterocycles. The molecule has 1 aromatic carbocycles. The normalized spacial score (nSPS) is 10.5. The topological polar surface area (TPSA) is 44.1 Å². The molecule has 0 fully saturated rings. The van der Waals surface area contributed by atoms with Crippen molar-refractivity contribution in [2.75, 3.05) is 7.11 Å². The van der Waals surface area contributed by atoms with Crippen LogP contribution in [0.25, 0.3) is 0 Å². The highest BCUT2D eigenvalue weighted by molar-refractivity contribution is 6.09. The van der Waals surface area contributed by atoms with E-state index >= 15 is 0 Å². The summed E-state index contributed by atoms with van der Waals surface area (Å²) in [6.45, 7) is 1.91. The van der Waals surface area contributed by atoms with Crippen molar-refractivity contribution >= 4 is 5.78 Å². The number of rotatable bonds is 4. The summed E-state index contributed by atoms with van der Waals surface area (Å²) in [4.78, 5) is 12.3. The fourth-order valence-corrected chi connectivity index (χ4v) is 1.94. The molecular weight excluding hydrogens is 247 g/mol. The first-order valence-electron chi connectivity index (χ1n) is 5.97. The smallest absolute Gasteiger partial charge is 0.199 e. The predicted molar refractivity (Wildman–Crippen MR) is 69.0 cm³/mol. The highest BCUT2D eigenvalue weighted by Crippen LogP contribution is 2.20. The lowest BCUT2D eigenvalue weighted by atomic mass is 10.0. The maximum Gasteiger partial charge on any atom is 0.199 e. The molecule has 0 atom stereocenters. The van der Waals surface area contributed by atoms with Crippen molar-refractivity contribution in [1.29, 1.82) is 0 Å². The van der Waals surface area contributed by atoms with Crippen LogP contribution < -0.4 is 4.74 Å². The molecule has 5 heteroatoms. The Morgan fingerprint density at radius 2 is 2.16 bits per heavy atom. The summed E-state index contributed by atoms with van der Waals surface area (Å²) < 4.78 is 20.4. The van der Waals surface area contributed by atoms with E-state index in [1.165, 1.54) is 19.2 Å². The molecule has 0 aliphatic carbocycles. The first kappa shape index (κ1) is 13.3. The lowest BCUT2D eigenvalue weighted by Crippen LogP contribution is -2.06. The maximum absolute atomic E-state index is 13.9. The van der Waals surface area contributed by atoms with Crippen LogP contribution in [0.1, 0.15) is 28.5 Å². The van der Waals surface area contributed by atoms with E-state index in [1.807, 2.05) is 6.92 Å². The second-order valence-corrected chi connectivity index (χ2v) is 4.19. The third-order valence-electron chi connectivity index (χ3n) is 2.91. The maximum atomic E-state index is 13.9. The van der Waals surface area contributed by atoms with Crippen LogP contribution in [0.2, 0.25) is 0 Å². The van der Waals surface area contributed by atoms with E-state index < -0.39 is 5.82 Å². The van der Waals surface area contributed by atoms with Crippen molar-refractivity contribution in [1.82, 2.24) is 9.78 Å². The van der Waals surface area contributed by atoms with Crippen LogP contribution in [-0.2, 0) is 13.5 Å². The number of hydrogen-bond acceptors (Lipinski definition) is 3. The van der Waals surface area contributed by atoms with E-state index in [-0.39, 0.29) is 11.3 Å². The molecule has 0 saturated heterocycles. The van der Waals surface area contributed by atoms with Gasteiger partial charge in [0.1, 0.15) is 11.6 Å². The molecule has 0 spiro atoms. The Morgan fingerprint density at radius 3 is 2.74 bits per heavy atom. The first-order chi connectivity index (χ1) is 9.06. The van der Waals surface area contributed by atoms with Gasteiger partial charge in [0.2, 0.25) is 0 Å². The Balaban J connectivity index is 2.44. The summed E-state index contributed by atoms with van der Waals surface area (Å²) >= 11 is 0. The van der Waals surface area contributed by atoms with Crippen LogP contribution in [0.5, 0.6) is 5.75 Å². The molecule has 0 aliphatic rings. The third-order valence-corrected chi connectivity index (χ3v) is 2.91. The second kappa shape index (κ2) is 5.22. The van der Waals surface area contributed by atoms with Gasteiger partial charge in [0, 0.05) is 19.3 Å². The van der Waals surface area contributed by atoms with Crippen molar-refractivity contribution in [2.24, 2.45) is 7.05 Å². The standard InChI is InChI=1S/C14H15FN2O2/c1-4-13-11(8-17(2)16-13)14(18)10-6-5-9(19-3)7-12(10)15/h5-8H,4H2,1-3H3. The van der Waals surface area contributed by atoms with Gasteiger partial charge in [0.05, 0.1) is 23.9 Å². The molecule has 0 unspecified atom stereocenters. The van der Waals surface area contributed by atoms with E-state index in [1.54, 1.807) is 24.0 Å². The Morgan fingerprint density at radius 1 is 1.42 bits per heavy atom. The monoisotopic (exact) mass is 262 g/mol. The van der Waals surface area contributed by atoms with Gasteiger partial charge in [-0.1, -0.05) is 6.92 Å². The van der Waals surface area contributed by atoms with Gasteiger partial charge in [-0.05, 0) is 18.6 Å². The molecule has 0 bridgehead atoms. The van der Waals surface area contributed by atoms with Crippen LogP contribution in [-0.4, -0.2) is 22.7 Å². The number of carbonyl (C=O) groups excluding carboxylic acids is 1. The van der Waals surface area contributed by atoms with Gasteiger partial charge in [-0.25, -0.2) is 4.39 Å². The third kappa shape index (κ3) is 2.50. The zero-order chi connectivity index (χ0) is 14.0. The van der Waals surface area contributed by atoms with Crippen LogP contribution >= 0.6 is 0 Å². The molecule has 100 valence electrons. The largest absolute Gasteiger partial charge is 0.497 e. The fraction of sp³-hybridized carbons (Fsp3) is 0.286. The van der Waals surface area contributed by atoms with Crippen molar-refractivity contribution in [3.8, 4) is 5.75 Å². The summed E-state index contributed by atoms with van der Waals surface area (Å²) in [7, 11) is 3.19. The quantitative estimate of drug-likeness (QED) is 0.794. The van der Waals surface area contributed by atoms with Gasteiger partial charge in [0.25, 0.3) is 0 Å². The van der Waals surface area contributed by atoms with Gasteiger partial charge in [-0.15, -0.1) is 0 Å². The van der Waals surface area contributed by atoms with Crippen LogP contribution in [0.3, 0.4) is 0 Å². The fourth-order valence-electron chi connectivity index (χ4n) is 1.94. The number of ether oxygens (including phenoxy) is 1. The number of ketones is 1. The second-order valence-electron chi connectivity index (χ2n) is 4.19. The van der Waals surface area contributed by atoms with E-state index in [4.69, 9.17) is 4.74 Å². The number of benzene rings is 1. The highest BCUT2D eigenvalue weighted by Gasteiger charge is 2.19. The molecule has 2 rings (SSSR count). The first-order valence-corrected chi connectivity index (χ1v) is 5.97. The van der Waals surface area contributed by atoms with Gasteiger partial charge in [-0.3, -0.25) is 9.48 Å². The summed E-state index contributed by atoms with van der Waals surface area (Å²) in [5, 5.41) is 4.19. The number of aryl methyl sites for hydroxylation is 2. The number of aromatic nitrogens is 2. The molecule has 0 radical (unpaired) electrons. The van der Waals surface area contributed by atoms with Gasteiger partial charge in [-0.2, -0.15) is 5.10 Å². The average Bonchev–Trinajstić information content (AvgIpc) is 2.79. The molecular formula is C14H15FN2O2. The SMILES string of the molecule is CCc1nn(C)cc1C(=O)c1ccc(OC)cc1F. The minimum Gasteiger partial charge on any atom is -0.497 e. The van der Waals surface area contributed by atoms with Crippen molar-refractivity contribution in [2.45, 2.75) is 13.3 Å². The Labute approximate surface area is 110 Å². The minimum absolute atomic E-state index is 0.0310. The van der Waals surface area contributed by atoms with E-state index in [0.29, 0.717) is 23.4 Å². The number of methoxy groups -OCH3 is 1. The lowest BCUT2D eigenvalue weighted by molar-refractivity contribution is 0.103. The van der Waals surface area contributed by atoms with Crippen molar-refractivity contribution in [3.05, 3.63) is 47.0 Å². The molecule has 0 N–H and O–H groups in total. The van der Waals surface area contributed by atoms with E-state index in [2.05, 4.69) is 5.10 Å². The molecule has 2 aromatic rings. The summed E-state index contributed by atoms with van der Waals surface area (Å²) in [5.74, 6) is -0.559. The van der Waals surface area contributed by atoms with Gasteiger partial charge >= 0.3 is 0 Å². The Hall–Kier alpha value is -2.17. The van der Waals surface area contributed by atoms with Crippen LogP contribution in [0, 0.1) is 5.82 Å². The van der Waals surface area contributed by atoms with Crippen molar-refractivity contribution in [3.63, 3.8) is 0 Å². The Bertz CT molecular complexity index is 620. The predicted octanol–water partition coefficient (Wildman–Crippen LogP) is 2.36. The summed E-state index contributed by atoms with van der Waals surface area (Å²) in [5.41, 5.74) is 1.14. The average molecular weight is 262 g/mol. The Kier molecular flexibility index (Phi) is 3.64. The molecule has 19 heavy (non-hydrogen) atoms. The molecule has 0 aliphatic heterocycles. The molecule has 0 saturated carbocycles. The molecule has 1 aromatic heterocycles. The van der Waals surface area contributed by atoms with Crippen LogP contribution in [0.4, 0.5) is 4.39 Å². The zero-order valence-corrected chi connectivity index (χ0v) is 11.1. The zero-order valence-electron chi connectivity index (χ0n) is 11.1. The molecule has 0 amide bonds.